The number of halogens is 1. The Morgan fingerprint density at radius 2 is 1.80 bits per heavy atom. The Hall–Kier alpha value is -1.23. The molecule has 1 amide bonds. The summed E-state index contributed by atoms with van der Waals surface area (Å²) in [6.45, 7) is 10.1. The van der Waals surface area contributed by atoms with Gasteiger partial charge in [-0.05, 0) is 46.8 Å². The summed E-state index contributed by atoms with van der Waals surface area (Å²) in [5, 5.41) is 0. The van der Waals surface area contributed by atoms with Crippen LogP contribution in [0.2, 0.25) is 0 Å². The second-order valence-corrected chi connectivity index (χ2v) is 7.67. The highest BCUT2D eigenvalue weighted by molar-refractivity contribution is 7.86. The molecule has 0 spiro atoms. The van der Waals surface area contributed by atoms with E-state index >= 15 is 0 Å². The molecule has 0 aliphatic carbocycles. The van der Waals surface area contributed by atoms with Crippen molar-refractivity contribution in [3.05, 3.63) is 29.6 Å². The molecule has 0 N–H and O–H groups in total. The second kappa shape index (κ2) is 6.48. The van der Waals surface area contributed by atoms with Crippen LogP contribution < -0.4 is 0 Å². The minimum absolute atomic E-state index is 0.0653. The summed E-state index contributed by atoms with van der Waals surface area (Å²) < 4.78 is 26.1. The van der Waals surface area contributed by atoms with Gasteiger partial charge in [0.05, 0.1) is 21.3 Å². The van der Waals surface area contributed by atoms with Gasteiger partial charge in [-0.1, -0.05) is 6.07 Å². The van der Waals surface area contributed by atoms with E-state index in [0.717, 1.165) is 0 Å². The van der Waals surface area contributed by atoms with Gasteiger partial charge in [-0.3, -0.25) is 9.00 Å². The maximum Gasteiger partial charge on any atom is 0.258 e. The molecule has 1 aromatic rings. The molecule has 1 aromatic carbocycles. The van der Waals surface area contributed by atoms with E-state index in [1.807, 2.05) is 13.8 Å². The largest absolute Gasteiger partial charge is 0.339 e. The van der Waals surface area contributed by atoms with Gasteiger partial charge in [-0.2, -0.15) is 0 Å². The van der Waals surface area contributed by atoms with Crippen LogP contribution >= 0.6 is 0 Å². The lowest BCUT2D eigenvalue weighted by Crippen LogP contribution is -2.33. The molecule has 0 fully saturated rings. The lowest BCUT2D eigenvalue weighted by molar-refractivity contribution is 0.0764. The first-order valence-corrected chi connectivity index (χ1v) is 7.88. The summed E-state index contributed by atoms with van der Waals surface area (Å²) in [5.74, 6) is -1.02. The first-order valence-electron chi connectivity index (χ1n) is 6.73. The third kappa shape index (κ3) is 3.45. The monoisotopic (exact) mass is 299 g/mol. The van der Waals surface area contributed by atoms with E-state index in [1.54, 1.807) is 26.8 Å². The Balaban J connectivity index is 3.39. The summed E-state index contributed by atoms with van der Waals surface area (Å²) in [6.07, 6.45) is 0. The van der Waals surface area contributed by atoms with Crippen molar-refractivity contribution in [2.24, 2.45) is 0 Å². The summed E-state index contributed by atoms with van der Waals surface area (Å²) >= 11 is 0. The van der Waals surface area contributed by atoms with Crippen LogP contribution in [0.5, 0.6) is 0 Å². The molecule has 0 heterocycles. The summed E-state index contributed by atoms with van der Waals surface area (Å²) in [7, 11) is -1.45. The number of nitrogens with zero attached hydrogens (tertiary/aromatic N) is 1. The van der Waals surface area contributed by atoms with E-state index < -0.39 is 27.3 Å². The molecule has 0 saturated heterocycles. The molecule has 0 saturated carbocycles. The number of carbonyl (C=O) groups is 1. The first kappa shape index (κ1) is 16.8. The number of hydrogen-bond acceptors (Lipinski definition) is 2. The summed E-state index contributed by atoms with van der Waals surface area (Å²) in [4.78, 5) is 14.2. The van der Waals surface area contributed by atoms with E-state index in [9.17, 15) is 13.4 Å². The van der Waals surface area contributed by atoms with Crippen molar-refractivity contribution >= 4 is 16.7 Å². The predicted octanol–water partition coefficient (Wildman–Crippen LogP) is 3.21. The molecule has 3 nitrogen and oxygen atoms in total. The van der Waals surface area contributed by atoms with Gasteiger partial charge in [0.1, 0.15) is 5.82 Å². The third-order valence-electron chi connectivity index (χ3n) is 3.00. The molecule has 20 heavy (non-hydrogen) atoms. The highest BCUT2D eigenvalue weighted by Gasteiger charge is 2.29. The normalized spacial score (nSPS) is 13.1. The zero-order valence-electron chi connectivity index (χ0n) is 12.7. The average molecular weight is 299 g/mol. The lowest BCUT2D eigenvalue weighted by atomic mass is 10.2. The van der Waals surface area contributed by atoms with Crippen LogP contribution in [0.4, 0.5) is 4.39 Å². The Bertz CT molecular complexity index is 519. The molecule has 0 radical (unpaired) electrons. The molecular formula is C15H22FNO2S. The van der Waals surface area contributed by atoms with Gasteiger partial charge >= 0.3 is 0 Å². The zero-order valence-corrected chi connectivity index (χ0v) is 13.5. The van der Waals surface area contributed by atoms with E-state index in [4.69, 9.17) is 0 Å². The summed E-state index contributed by atoms with van der Waals surface area (Å²) in [6, 6.07) is 4.30. The molecule has 0 aliphatic rings. The molecule has 0 aromatic heterocycles. The number of carbonyl (C=O) groups excluding carboxylic acids is 1. The third-order valence-corrected chi connectivity index (χ3v) is 4.85. The van der Waals surface area contributed by atoms with Gasteiger partial charge in [0.2, 0.25) is 0 Å². The maximum absolute atomic E-state index is 14.1. The molecule has 112 valence electrons. The van der Waals surface area contributed by atoms with Crippen LogP contribution in [0, 0.1) is 5.82 Å². The van der Waals surface area contributed by atoms with Crippen molar-refractivity contribution < 1.29 is 13.4 Å². The average Bonchev–Trinajstić information content (AvgIpc) is 2.37. The van der Waals surface area contributed by atoms with E-state index in [2.05, 4.69) is 0 Å². The second-order valence-electron chi connectivity index (χ2n) is 5.47. The Labute approximate surface area is 122 Å². The van der Waals surface area contributed by atoms with Crippen LogP contribution in [-0.4, -0.2) is 32.9 Å². The van der Waals surface area contributed by atoms with Gasteiger partial charge in [0.25, 0.3) is 5.91 Å². The standard InChI is InChI=1S/C15H22FNO2S/c1-6-17(7-2)14(18)13-11(16)9-8-10-12(13)20(19)15(3,4)5/h8-10H,6-7H2,1-5H3. The molecule has 1 unspecified atom stereocenters. The maximum atomic E-state index is 14.1. The van der Waals surface area contributed by atoms with Crippen molar-refractivity contribution in [2.45, 2.75) is 44.3 Å². The van der Waals surface area contributed by atoms with Gasteiger partial charge in [0, 0.05) is 17.8 Å². The molecule has 1 atom stereocenters. The van der Waals surface area contributed by atoms with E-state index in [0.29, 0.717) is 13.1 Å². The highest BCUT2D eigenvalue weighted by atomic mass is 32.2. The van der Waals surface area contributed by atoms with Crippen LogP contribution in [0.15, 0.2) is 23.1 Å². The van der Waals surface area contributed by atoms with Gasteiger partial charge < -0.3 is 4.90 Å². The zero-order chi connectivity index (χ0) is 15.5. The molecule has 0 aliphatic heterocycles. The van der Waals surface area contributed by atoms with Crippen molar-refractivity contribution in [2.75, 3.05) is 13.1 Å². The highest BCUT2D eigenvalue weighted by Crippen LogP contribution is 2.26. The summed E-state index contributed by atoms with van der Waals surface area (Å²) in [5.41, 5.74) is -0.0653. The number of hydrogen-bond donors (Lipinski definition) is 0. The van der Waals surface area contributed by atoms with Gasteiger partial charge in [-0.15, -0.1) is 0 Å². The van der Waals surface area contributed by atoms with Crippen molar-refractivity contribution in [1.29, 1.82) is 0 Å². The van der Waals surface area contributed by atoms with Crippen molar-refractivity contribution in [3.8, 4) is 0 Å². The predicted molar refractivity (Wildman–Crippen MR) is 79.8 cm³/mol. The van der Waals surface area contributed by atoms with E-state index in [-0.39, 0.29) is 10.5 Å². The van der Waals surface area contributed by atoms with Gasteiger partial charge in [-0.25, -0.2) is 4.39 Å². The first-order chi connectivity index (χ1) is 9.23. The number of benzene rings is 1. The van der Waals surface area contributed by atoms with Crippen LogP contribution in [-0.2, 0) is 10.8 Å². The quantitative estimate of drug-likeness (QED) is 0.856. The Morgan fingerprint density at radius 1 is 1.25 bits per heavy atom. The fraction of sp³-hybridized carbons (Fsp3) is 0.533. The topological polar surface area (TPSA) is 37.4 Å². The minimum Gasteiger partial charge on any atom is -0.339 e. The number of rotatable bonds is 4. The number of amides is 1. The SMILES string of the molecule is CCN(CC)C(=O)c1c(F)cccc1S(=O)C(C)(C)C. The van der Waals surface area contributed by atoms with Crippen LogP contribution in [0.1, 0.15) is 45.0 Å². The van der Waals surface area contributed by atoms with Crippen LogP contribution in [0.3, 0.4) is 0 Å². The smallest absolute Gasteiger partial charge is 0.258 e. The lowest BCUT2D eigenvalue weighted by Gasteiger charge is -2.23. The van der Waals surface area contributed by atoms with Gasteiger partial charge in [0.15, 0.2) is 0 Å². The molecule has 1 rings (SSSR count). The minimum atomic E-state index is -1.45. The Kier molecular flexibility index (Phi) is 5.45. The molecular weight excluding hydrogens is 277 g/mol. The van der Waals surface area contributed by atoms with E-state index in [1.165, 1.54) is 17.0 Å². The molecule has 0 bridgehead atoms. The Morgan fingerprint density at radius 3 is 2.25 bits per heavy atom. The fourth-order valence-electron chi connectivity index (χ4n) is 1.87. The molecule has 5 heteroatoms. The van der Waals surface area contributed by atoms with Crippen molar-refractivity contribution in [3.63, 3.8) is 0 Å². The fourth-order valence-corrected chi connectivity index (χ4v) is 3.10. The van der Waals surface area contributed by atoms with Crippen LogP contribution in [0.25, 0.3) is 0 Å². The van der Waals surface area contributed by atoms with Crippen molar-refractivity contribution in [1.82, 2.24) is 4.90 Å².